The summed E-state index contributed by atoms with van der Waals surface area (Å²) in [5.41, 5.74) is 2.20. The fraction of sp³-hybridized carbons (Fsp3) is 0.385. The number of likely N-dealkylation sites (N-methyl/N-ethyl adjacent to an activating group) is 1. The molecule has 0 radical (unpaired) electrons. The highest BCUT2D eigenvalue weighted by atomic mass is 16.2. The average Bonchev–Trinajstić information content (AvgIpc) is 2.36. The zero-order valence-electron chi connectivity index (χ0n) is 10.2. The van der Waals surface area contributed by atoms with E-state index in [2.05, 4.69) is 17.6 Å². The van der Waals surface area contributed by atoms with Crippen LogP contribution in [-0.4, -0.2) is 25.4 Å². The maximum atomic E-state index is 11.5. The van der Waals surface area contributed by atoms with E-state index in [1.807, 2.05) is 24.3 Å². The summed E-state index contributed by atoms with van der Waals surface area (Å²) in [5, 5.41) is 5.01. The number of hydrogen-bond donors (Lipinski definition) is 2. The van der Waals surface area contributed by atoms with Gasteiger partial charge in [0.1, 0.15) is 0 Å². The van der Waals surface area contributed by atoms with Crippen LogP contribution in [0.25, 0.3) is 0 Å². The molecule has 0 fully saturated rings. The molecule has 0 atom stereocenters. The lowest BCUT2D eigenvalue weighted by atomic mass is 10.1. The molecule has 1 aromatic rings. The van der Waals surface area contributed by atoms with Crippen LogP contribution in [0.5, 0.6) is 0 Å². The summed E-state index contributed by atoms with van der Waals surface area (Å²) in [6, 6.07) is 7.92. The maximum absolute atomic E-state index is 11.5. The molecule has 0 saturated heterocycles. The maximum Gasteiger partial charge on any atom is 0.239 e. The third kappa shape index (κ3) is 4.68. The monoisotopic (exact) mass is 234 g/mol. The topological polar surface area (TPSA) is 58.2 Å². The number of rotatable bonds is 5. The molecule has 2 amide bonds. The van der Waals surface area contributed by atoms with E-state index in [1.54, 1.807) is 0 Å². The Labute approximate surface area is 101 Å². The summed E-state index contributed by atoms with van der Waals surface area (Å²) >= 11 is 0. The normalized spacial score (nSPS) is 9.76. The van der Waals surface area contributed by atoms with Crippen molar-refractivity contribution in [3.05, 3.63) is 35.4 Å². The van der Waals surface area contributed by atoms with Crippen LogP contribution in [-0.2, 0) is 22.4 Å². The average molecular weight is 234 g/mol. The van der Waals surface area contributed by atoms with E-state index in [0.717, 1.165) is 12.0 Å². The van der Waals surface area contributed by atoms with Crippen molar-refractivity contribution < 1.29 is 9.59 Å². The van der Waals surface area contributed by atoms with E-state index in [4.69, 9.17) is 0 Å². The largest absolute Gasteiger partial charge is 0.358 e. The molecule has 2 N–H and O–H groups in total. The van der Waals surface area contributed by atoms with E-state index in [0.29, 0.717) is 6.42 Å². The number of carbonyl (C=O) groups is 2. The molecule has 4 heteroatoms. The van der Waals surface area contributed by atoms with Crippen LogP contribution in [0.3, 0.4) is 0 Å². The number of amides is 2. The van der Waals surface area contributed by atoms with Gasteiger partial charge in [0.05, 0.1) is 13.0 Å². The molecule has 0 unspecified atom stereocenters. The Morgan fingerprint density at radius 3 is 2.18 bits per heavy atom. The Hall–Kier alpha value is -1.84. The van der Waals surface area contributed by atoms with Crippen molar-refractivity contribution in [1.29, 1.82) is 0 Å². The molecule has 17 heavy (non-hydrogen) atoms. The molecular weight excluding hydrogens is 216 g/mol. The van der Waals surface area contributed by atoms with Gasteiger partial charge in [-0.25, -0.2) is 0 Å². The lowest BCUT2D eigenvalue weighted by Gasteiger charge is -2.05. The smallest absolute Gasteiger partial charge is 0.239 e. The number of benzene rings is 1. The Morgan fingerprint density at radius 2 is 1.65 bits per heavy atom. The Balaban J connectivity index is 2.42. The third-order valence-electron chi connectivity index (χ3n) is 2.52. The molecule has 0 bridgehead atoms. The van der Waals surface area contributed by atoms with Crippen LogP contribution in [0, 0.1) is 0 Å². The first kappa shape index (κ1) is 13.2. The lowest BCUT2D eigenvalue weighted by Crippen LogP contribution is -2.35. The fourth-order valence-corrected chi connectivity index (χ4v) is 1.41. The van der Waals surface area contributed by atoms with Crippen LogP contribution in [0.15, 0.2) is 24.3 Å². The summed E-state index contributed by atoms with van der Waals surface area (Å²) in [7, 11) is 1.54. The third-order valence-corrected chi connectivity index (χ3v) is 2.52. The zero-order chi connectivity index (χ0) is 12.7. The highest BCUT2D eigenvalue weighted by Gasteiger charge is 2.05. The van der Waals surface area contributed by atoms with Crippen LogP contribution >= 0.6 is 0 Å². The first-order valence-corrected chi connectivity index (χ1v) is 5.70. The molecule has 0 aliphatic carbocycles. The van der Waals surface area contributed by atoms with Crippen LogP contribution in [0.1, 0.15) is 18.1 Å². The van der Waals surface area contributed by atoms with Crippen LogP contribution in [0.2, 0.25) is 0 Å². The number of hydrogen-bond acceptors (Lipinski definition) is 2. The molecule has 0 heterocycles. The Morgan fingerprint density at radius 1 is 1.06 bits per heavy atom. The van der Waals surface area contributed by atoms with Crippen LogP contribution < -0.4 is 10.6 Å². The second kappa shape index (κ2) is 6.68. The Kier molecular flexibility index (Phi) is 5.20. The first-order chi connectivity index (χ1) is 8.15. The van der Waals surface area contributed by atoms with Gasteiger partial charge >= 0.3 is 0 Å². The van der Waals surface area contributed by atoms with Crippen molar-refractivity contribution in [2.75, 3.05) is 13.6 Å². The first-order valence-electron chi connectivity index (χ1n) is 5.70. The van der Waals surface area contributed by atoms with Crippen molar-refractivity contribution in [2.24, 2.45) is 0 Å². The summed E-state index contributed by atoms with van der Waals surface area (Å²) in [4.78, 5) is 22.4. The van der Waals surface area contributed by atoms with E-state index in [9.17, 15) is 9.59 Å². The number of aryl methyl sites for hydroxylation is 1. The molecule has 1 aromatic carbocycles. The molecule has 0 aliphatic rings. The predicted molar refractivity (Wildman–Crippen MR) is 66.6 cm³/mol. The molecule has 92 valence electrons. The summed E-state index contributed by atoms with van der Waals surface area (Å²) in [5.74, 6) is -0.336. The number of carbonyl (C=O) groups excluding carboxylic acids is 2. The second-order valence-electron chi connectivity index (χ2n) is 3.80. The minimum Gasteiger partial charge on any atom is -0.358 e. The van der Waals surface area contributed by atoms with Gasteiger partial charge in [-0.1, -0.05) is 31.2 Å². The molecule has 1 rings (SSSR count). The van der Waals surface area contributed by atoms with E-state index < -0.39 is 0 Å². The molecule has 0 aliphatic heterocycles. The fourth-order valence-electron chi connectivity index (χ4n) is 1.41. The second-order valence-corrected chi connectivity index (χ2v) is 3.80. The Bertz CT molecular complexity index is 385. The minimum atomic E-state index is -0.195. The van der Waals surface area contributed by atoms with Crippen molar-refractivity contribution in [2.45, 2.75) is 19.8 Å². The molecule has 4 nitrogen and oxygen atoms in total. The van der Waals surface area contributed by atoms with Gasteiger partial charge in [-0.2, -0.15) is 0 Å². The molecule has 0 saturated carbocycles. The van der Waals surface area contributed by atoms with E-state index in [1.165, 1.54) is 12.6 Å². The van der Waals surface area contributed by atoms with Gasteiger partial charge in [0.15, 0.2) is 0 Å². The van der Waals surface area contributed by atoms with Crippen molar-refractivity contribution in [1.82, 2.24) is 10.6 Å². The van der Waals surface area contributed by atoms with Gasteiger partial charge in [0, 0.05) is 7.05 Å². The van der Waals surface area contributed by atoms with Crippen molar-refractivity contribution in [3.63, 3.8) is 0 Å². The standard InChI is InChI=1S/C13H18N2O2/c1-3-10-4-6-11(7-5-10)8-12(16)15-9-13(17)14-2/h4-7H,3,8-9H2,1-2H3,(H,14,17)(H,15,16). The lowest BCUT2D eigenvalue weighted by molar-refractivity contribution is -0.125. The molecule has 0 spiro atoms. The van der Waals surface area contributed by atoms with Gasteiger partial charge in [0.25, 0.3) is 0 Å². The van der Waals surface area contributed by atoms with Crippen molar-refractivity contribution in [3.8, 4) is 0 Å². The predicted octanol–water partition coefficient (Wildman–Crippen LogP) is 0.654. The van der Waals surface area contributed by atoms with Gasteiger partial charge in [-0.15, -0.1) is 0 Å². The van der Waals surface area contributed by atoms with Crippen LogP contribution in [0.4, 0.5) is 0 Å². The van der Waals surface area contributed by atoms with Crippen molar-refractivity contribution >= 4 is 11.8 Å². The highest BCUT2D eigenvalue weighted by Crippen LogP contribution is 2.05. The summed E-state index contributed by atoms with van der Waals surface area (Å²) < 4.78 is 0. The minimum absolute atomic E-state index is 0.0301. The zero-order valence-corrected chi connectivity index (χ0v) is 10.2. The highest BCUT2D eigenvalue weighted by molar-refractivity contribution is 5.85. The molecular formula is C13H18N2O2. The SMILES string of the molecule is CCc1ccc(CC(=O)NCC(=O)NC)cc1. The van der Waals surface area contributed by atoms with Gasteiger partial charge < -0.3 is 10.6 Å². The quantitative estimate of drug-likeness (QED) is 0.786. The van der Waals surface area contributed by atoms with E-state index >= 15 is 0 Å². The van der Waals surface area contributed by atoms with Gasteiger partial charge in [0.2, 0.25) is 11.8 Å². The van der Waals surface area contributed by atoms with Gasteiger partial charge in [-0.05, 0) is 17.5 Å². The number of nitrogens with one attached hydrogen (secondary N) is 2. The summed E-state index contributed by atoms with van der Waals surface area (Å²) in [6.45, 7) is 2.12. The summed E-state index contributed by atoms with van der Waals surface area (Å²) in [6.07, 6.45) is 1.30. The van der Waals surface area contributed by atoms with Gasteiger partial charge in [-0.3, -0.25) is 9.59 Å². The van der Waals surface area contributed by atoms with E-state index in [-0.39, 0.29) is 18.4 Å². The molecule has 0 aromatic heterocycles.